The Morgan fingerprint density at radius 3 is 2.50 bits per heavy atom. The molecular formula is C13H20N2O. The zero-order valence-corrected chi connectivity index (χ0v) is 9.99. The van der Waals surface area contributed by atoms with E-state index in [0.717, 1.165) is 18.5 Å². The summed E-state index contributed by atoms with van der Waals surface area (Å²) in [6.07, 6.45) is 0.814. The molecule has 0 aliphatic carbocycles. The molecule has 0 spiro atoms. The molecular weight excluding hydrogens is 200 g/mol. The molecule has 3 heteroatoms. The van der Waals surface area contributed by atoms with Crippen LogP contribution in [0.1, 0.15) is 25.8 Å². The van der Waals surface area contributed by atoms with Gasteiger partial charge in [-0.1, -0.05) is 44.2 Å². The van der Waals surface area contributed by atoms with Crippen LogP contribution in [0.25, 0.3) is 0 Å². The number of likely N-dealkylation sites (N-methyl/N-ethyl adjacent to an activating group) is 1. The first-order chi connectivity index (χ1) is 7.77. The monoisotopic (exact) mass is 220 g/mol. The molecule has 0 bridgehead atoms. The van der Waals surface area contributed by atoms with Crippen LogP contribution in [0.15, 0.2) is 30.3 Å². The lowest BCUT2D eigenvalue weighted by molar-refractivity contribution is -0.123. The van der Waals surface area contributed by atoms with E-state index >= 15 is 0 Å². The van der Waals surface area contributed by atoms with Gasteiger partial charge >= 0.3 is 0 Å². The quantitative estimate of drug-likeness (QED) is 0.766. The van der Waals surface area contributed by atoms with Crippen molar-refractivity contribution in [2.45, 2.75) is 32.9 Å². The van der Waals surface area contributed by atoms with Crippen LogP contribution in [-0.2, 0) is 11.3 Å². The van der Waals surface area contributed by atoms with Gasteiger partial charge in [-0.2, -0.15) is 0 Å². The molecule has 3 nitrogen and oxygen atoms in total. The van der Waals surface area contributed by atoms with Crippen LogP contribution >= 0.6 is 0 Å². The standard InChI is InChI=1S/C13H20N2O/c1-3-12(14-4-2)13(16)15-10-11-8-6-5-7-9-11/h5-9,12,14H,3-4,10H2,1-2H3,(H,15,16). The Morgan fingerprint density at radius 2 is 1.94 bits per heavy atom. The summed E-state index contributed by atoms with van der Waals surface area (Å²) < 4.78 is 0. The fourth-order valence-corrected chi connectivity index (χ4v) is 1.58. The number of carbonyl (C=O) groups excluding carboxylic acids is 1. The van der Waals surface area contributed by atoms with Gasteiger partial charge in [-0.15, -0.1) is 0 Å². The first kappa shape index (κ1) is 12.7. The highest BCUT2D eigenvalue weighted by atomic mass is 16.2. The predicted octanol–water partition coefficient (Wildman–Crippen LogP) is 1.69. The summed E-state index contributed by atoms with van der Waals surface area (Å²) in [5.41, 5.74) is 1.13. The van der Waals surface area contributed by atoms with Crippen molar-refractivity contribution in [3.8, 4) is 0 Å². The molecule has 0 aromatic heterocycles. The van der Waals surface area contributed by atoms with Gasteiger partial charge in [0.25, 0.3) is 0 Å². The van der Waals surface area contributed by atoms with Gasteiger partial charge in [0.1, 0.15) is 0 Å². The highest BCUT2D eigenvalue weighted by Crippen LogP contribution is 1.98. The van der Waals surface area contributed by atoms with Crippen molar-refractivity contribution < 1.29 is 4.79 Å². The maximum Gasteiger partial charge on any atom is 0.237 e. The van der Waals surface area contributed by atoms with Crippen molar-refractivity contribution in [3.63, 3.8) is 0 Å². The van der Waals surface area contributed by atoms with E-state index in [1.54, 1.807) is 0 Å². The third-order valence-electron chi connectivity index (χ3n) is 2.48. The molecule has 1 aromatic rings. The average molecular weight is 220 g/mol. The summed E-state index contributed by atoms with van der Waals surface area (Å²) in [4.78, 5) is 11.8. The van der Waals surface area contributed by atoms with E-state index in [0.29, 0.717) is 6.54 Å². The molecule has 0 aliphatic heterocycles. The van der Waals surface area contributed by atoms with Crippen LogP contribution in [0.2, 0.25) is 0 Å². The molecule has 1 rings (SSSR count). The van der Waals surface area contributed by atoms with Crippen LogP contribution in [0.4, 0.5) is 0 Å². The zero-order chi connectivity index (χ0) is 11.8. The molecule has 1 atom stereocenters. The van der Waals surface area contributed by atoms with E-state index in [4.69, 9.17) is 0 Å². The summed E-state index contributed by atoms with van der Waals surface area (Å²) in [7, 11) is 0. The molecule has 1 aromatic carbocycles. The van der Waals surface area contributed by atoms with Gasteiger partial charge < -0.3 is 10.6 Å². The SMILES string of the molecule is CCNC(CC)C(=O)NCc1ccccc1. The number of hydrogen-bond donors (Lipinski definition) is 2. The summed E-state index contributed by atoms with van der Waals surface area (Å²) in [5, 5.41) is 6.09. The number of rotatable bonds is 6. The van der Waals surface area contributed by atoms with Gasteiger partial charge in [0.2, 0.25) is 5.91 Å². The number of amides is 1. The van der Waals surface area contributed by atoms with E-state index in [9.17, 15) is 4.79 Å². The number of nitrogens with one attached hydrogen (secondary N) is 2. The summed E-state index contributed by atoms with van der Waals surface area (Å²) >= 11 is 0. The van der Waals surface area contributed by atoms with Crippen LogP contribution in [-0.4, -0.2) is 18.5 Å². The normalized spacial score (nSPS) is 12.1. The summed E-state index contributed by atoms with van der Waals surface area (Å²) in [5.74, 6) is 0.0770. The second-order valence-corrected chi connectivity index (χ2v) is 3.72. The van der Waals surface area contributed by atoms with Crippen molar-refractivity contribution >= 4 is 5.91 Å². The molecule has 16 heavy (non-hydrogen) atoms. The fraction of sp³-hybridized carbons (Fsp3) is 0.462. The molecule has 0 aliphatic rings. The lowest BCUT2D eigenvalue weighted by Gasteiger charge is -2.15. The van der Waals surface area contributed by atoms with Crippen molar-refractivity contribution in [3.05, 3.63) is 35.9 Å². The van der Waals surface area contributed by atoms with Crippen molar-refractivity contribution in [2.24, 2.45) is 0 Å². The third-order valence-corrected chi connectivity index (χ3v) is 2.48. The van der Waals surface area contributed by atoms with Crippen molar-refractivity contribution in [2.75, 3.05) is 6.54 Å². The van der Waals surface area contributed by atoms with Crippen LogP contribution < -0.4 is 10.6 Å². The number of benzene rings is 1. The Kier molecular flexibility index (Phi) is 5.57. The van der Waals surface area contributed by atoms with Gasteiger partial charge in [0.05, 0.1) is 6.04 Å². The van der Waals surface area contributed by atoms with E-state index in [2.05, 4.69) is 10.6 Å². The second kappa shape index (κ2) is 7.01. The molecule has 2 N–H and O–H groups in total. The molecule has 1 amide bonds. The number of hydrogen-bond acceptors (Lipinski definition) is 2. The minimum Gasteiger partial charge on any atom is -0.351 e. The summed E-state index contributed by atoms with van der Waals surface area (Å²) in [6.45, 7) is 5.43. The maximum atomic E-state index is 11.8. The Hall–Kier alpha value is -1.35. The van der Waals surface area contributed by atoms with Crippen LogP contribution in [0.5, 0.6) is 0 Å². The smallest absolute Gasteiger partial charge is 0.237 e. The van der Waals surface area contributed by atoms with Crippen molar-refractivity contribution in [1.29, 1.82) is 0 Å². The highest BCUT2D eigenvalue weighted by molar-refractivity contribution is 5.81. The lowest BCUT2D eigenvalue weighted by atomic mass is 10.2. The topological polar surface area (TPSA) is 41.1 Å². The Morgan fingerprint density at radius 1 is 1.25 bits per heavy atom. The first-order valence-electron chi connectivity index (χ1n) is 5.83. The van der Waals surface area contributed by atoms with Crippen LogP contribution in [0, 0.1) is 0 Å². The van der Waals surface area contributed by atoms with E-state index in [1.807, 2.05) is 44.2 Å². The van der Waals surface area contributed by atoms with E-state index in [1.165, 1.54) is 0 Å². The van der Waals surface area contributed by atoms with Gasteiger partial charge in [-0.05, 0) is 18.5 Å². The predicted molar refractivity (Wildman–Crippen MR) is 66.0 cm³/mol. The van der Waals surface area contributed by atoms with Gasteiger partial charge in [0, 0.05) is 6.54 Å². The average Bonchev–Trinajstić information content (AvgIpc) is 2.34. The van der Waals surface area contributed by atoms with Gasteiger partial charge in [-0.3, -0.25) is 4.79 Å². The minimum absolute atomic E-state index is 0.0753. The van der Waals surface area contributed by atoms with E-state index in [-0.39, 0.29) is 11.9 Å². The third kappa shape index (κ3) is 4.03. The summed E-state index contributed by atoms with van der Waals surface area (Å²) in [6, 6.07) is 9.86. The fourth-order valence-electron chi connectivity index (χ4n) is 1.58. The molecule has 0 saturated heterocycles. The molecule has 88 valence electrons. The molecule has 1 unspecified atom stereocenters. The second-order valence-electron chi connectivity index (χ2n) is 3.72. The van der Waals surface area contributed by atoms with Gasteiger partial charge in [0.15, 0.2) is 0 Å². The highest BCUT2D eigenvalue weighted by Gasteiger charge is 2.13. The maximum absolute atomic E-state index is 11.8. The Labute approximate surface area is 97.2 Å². The molecule has 0 radical (unpaired) electrons. The Bertz CT molecular complexity index is 311. The molecule has 0 saturated carbocycles. The van der Waals surface area contributed by atoms with Gasteiger partial charge in [-0.25, -0.2) is 0 Å². The first-order valence-corrected chi connectivity index (χ1v) is 5.83. The lowest BCUT2D eigenvalue weighted by Crippen LogP contribution is -2.43. The van der Waals surface area contributed by atoms with Crippen LogP contribution in [0.3, 0.4) is 0 Å². The molecule has 0 heterocycles. The molecule has 0 fully saturated rings. The zero-order valence-electron chi connectivity index (χ0n) is 9.99. The largest absolute Gasteiger partial charge is 0.351 e. The van der Waals surface area contributed by atoms with Crippen molar-refractivity contribution in [1.82, 2.24) is 10.6 Å². The number of carbonyl (C=O) groups is 1. The Balaban J connectivity index is 2.40. The van der Waals surface area contributed by atoms with E-state index < -0.39 is 0 Å². The minimum atomic E-state index is -0.0753.